The third-order valence-electron chi connectivity index (χ3n) is 7.84. The zero-order chi connectivity index (χ0) is 31.3. The Morgan fingerprint density at radius 2 is 1.77 bits per heavy atom. The topological polar surface area (TPSA) is 135 Å². The normalized spacial score (nSPS) is 15.1. The van der Waals surface area contributed by atoms with E-state index < -0.39 is 12.1 Å². The van der Waals surface area contributed by atoms with Crippen LogP contribution in [0.25, 0.3) is 11.1 Å². The van der Waals surface area contributed by atoms with Crippen LogP contribution >= 0.6 is 0 Å². The SMILES string of the molecule is CC[C@H](C)[C@@H](Nc1ccc2c(cc1=O)[C@H](NC(C)=O)CCc1cc(OC)c(OC)c(OC)c1-2)C(=O)Nc1cccc(O)c1. The van der Waals surface area contributed by atoms with Gasteiger partial charge in [0.1, 0.15) is 11.8 Å². The molecule has 10 nitrogen and oxygen atoms in total. The van der Waals surface area contributed by atoms with Crippen molar-refractivity contribution in [1.82, 2.24) is 5.32 Å². The van der Waals surface area contributed by atoms with Gasteiger partial charge in [0.15, 0.2) is 11.5 Å². The summed E-state index contributed by atoms with van der Waals surface area (Å²) >= 11 is 0. The van der Waals surface area contributed by atoms with Gasteiger partial charge in [-0.1, -0.05) is 32.4 Å². The van der Waals surface area contributed by atoms with Crippen molar-refractivity contribution in [2.75, 3.05) is 32.0 Å². The van der Waals surface area contributed by atoms with Crippen LogP contribution < -0.4 is 35.6 Å². The number of hydrogen-bond donors (Lipinski definition) is 4. The van der Waals surface area contributed by atoms with E-state index in [1.54, 1.807) is 32.4 Å². The maximum Gasteiger partial charge on any atom is 0.247 e. The predicted octanol–water partition coefficient (Wildman–Crippen LogP) is 5.03. The largest absolute Gasteiger partial charge is 0.508 e. The molecule has 4 N–H and O–H groups in total. The lowest BCUT2D eigenvalue weighted by atomic mass is 9.95. The number of aryl methyl sites for hydroxylation is 1. The molecule has 0 saturated heterocycles. The van der Waals surface area contributed by atoms with Crippen LogP contribution in [0.2, 0.25) is 0 Å². The molecule has 0 aliphatic heterocycles. The van der Waals surface area contributed by atoms with Gasteiger partial charge < -0.3 is 35.3 Å². The number of phenolic OH excluding ortho intramolecular Hbond substituents is 1. The summed E-state index contributed by atoms with van der Waals surface area (Å²) in [6, 6.07) is 12.0. The maximum atomic E-state index is 13.8. The quantitative estimate of drug-likeness (QED) is 0.259. The Kier molecular flexibility index (Phi) is 9.80. The lowest BCUT2D eigenvalue weighted by Gasteiger charge is -2.24. The minimum atomic E-state index is -0.750. The van der Waals surface area contributed by atoms with E-state index in [1.807, 2.05) is 26.0 Å². The first-order valence-corrected chi connectivity index (χ1v) is 14.3. The number of carbonyl (C=O) groups is 2. The number of nitrogens with one attached hydrogen (secondary N) is 3. The average molecular weight is 590 g/mol. The van der Waals surface area contributed by atoms with Gasteiger partial charge in [-0.25, -0.2) is 0 Å². The number of carbonyl (C=O) groups excluding carboxylic acids is 2. The van der Waals surface area contributed by atoms with Crippen LogP contribution in [0.15, 0.2) is 53.3 Å². The highest BCUT2D eigenvalue weighted by Crippen LogP contribution is 2.50. The van der Waals surface area contributed by atoms with Crippen LogP contribution in [0.3, 0.4) is 0 Å². The molecule has 0 aromatic heterocycles. The van der Waals surface area contributed by atoms with E-state index in [2.05, 4.69) is 16.0 Å². The Balaban J connectivity index is 1.86. The van der Waals surface area contributed by atoms with Gasteiger partial charge in [0, 0.05) is 24.2 Å². The minimum absolute atomic E-state index is 0.0305. The van der Waals surface area contributed by atoms with E-state index in [-0.39, 0.29) is 34.6 Å². The molecule has 1 aliphatic carbocycles. The third-order valence-corrected chi connectivity index (χ3v) is 7.84. The summed E-state index contributed by atoms with van der Waals surface area (Å²) in [6.07, 6.45) is 1.79. The Bertz CT molecular complexity index is 1570. The second-order valence-corrected chi connectivity index (χ2v) is 10.6. The Labute approximate surface area is 251 Å². The standard InChI is InChI=1S/C33H39N3O7/c1-7-18(2)30(33(40)35-21-9-8-10-22(38)16-21)36-26-14-12-23-24(17-27(26)39)25(34-19(3)37)13-11-20-15-28(41-4)31(42-5)32(43-6)29(20)23/h8-10,12,14-18,25,30,38H,7,11,13H2,1-6H3,(H,34,37)(H,35,40)(H,36,39)/t18-,25+,30+/m0/s1. The van der Waals surface area contributed by atoms with Crippen molar-refractivity contribution in [2.24, 2.45) is 5.92 Å². The van der Waals surface area contributed by atoms with Crippen LogP contribution in [0.4, 0.5) is 11.4 Å². The summed E-state index contributed by atoms with van der Waals surface area (Å²) in [6.45, 7) is 5.34. The molecule has 228 valence electrons. The molecule has 0 heterocycles. The van der Waals surface area contributed by atoms with Crippen molar-refractivity contribution < 1.29 is 28.9 Å². The van der Waals surface area contributed by atoms with E-state index in [0.29, 0.717) is 53.3 Å². The van der Waals surface area contributed by atoms with Gasteiger partial charge in [-0.2, -0.15) is 0 Å². The molecule has 10 heteroatoms. The first-order valence-electron chi connectivity index (χ1n) is 14.3. The molecule has 0 saturated carbocycles. The zero-order valence-corrected chi connectivity index (χ0v) is 25.4. The molecule has 0 unspecified atom stereocenters. The van der Waals surface area contributed by atoms with E-state index in [4.69, 9.17) is 14.2 Å². The number of methoxy groups -OCH3 is 3. The first-order chi connectivity index (χ1) is 20.6. The fraction of sp³-hybridized carbons (Fsp3) is 0.364. The Morgan fingerprint density at radius 1 is 1.02 bits per heavy atom. The van der Waals surface area contributed by atoms with Crippen molar-refractivity contribution in [3.63, 3.8) is 0 Å². The van der Waals surface area contributed by atoms with Crippen molar-refractivity contribution in [3.05, 3.63) is 69.9 Å². The van der Waals surface area contributed by atoms with Gasteiger partial charge in [-0.15, -0.1) is 0 Å². The Hall–Kier alpha value is -4.73. The lowest BCUT2D eigenvalue weighted by Crippen LogP contribution is -2.40. The van der Waals surface area contributed by atoms with Gasteiger partial charge in [0.2, 0.25) is 23.0 Å². The molecule has 3 atom stereocenters. The minimum Gasteiger partial charge on any atom is -0.508 e. The van der Waals surface area contributed by atoms with Crippen LogP contribution in [-0.4, -0.2) is 44.3 Å². The van der Waals surface area contributed by atoms with Crippen LogP contribution in [0.5, 0.6) is 23.0 Å². The number of anilines is 2. The highest BCUT2D eigenvalue weighted by atomic mass is 16.5. The highest BCUT2D eigenvalue weighted by molar-refractivity contribution is 5.97. The third kappa shape index (κ3) is 6.69. The second-order valence-electron chi connectivity index (χ2n) is 10.6. The maximum absolute atomic E-state index is 13.8. The molecular weight excluding hydrogens is 550 g/mol. The van der Waals surface area contributed by atoms with Gasteiger partial charge in [0.05, 0.1) is 33.1 Å². The molecule has 0 radical (unpaired) electrons. The van der Waals surface area contributed by atoms with E-state index in [0.717, 1.165) is 11.1 Å². The lowest BCUT2D eigenvalue weighted by molar-refractivity contribution is -0.120. The van der Waals surface area contributed by atoms with Gasteiger partial charge in [-0.3, -0.25) is 14.4 Å². The van der Waals surface area contributed by atoms with Crippen LogP contribution in [0, 0.1) is 5.92 Å². The molecule has 2 amide bonds. The number of aromatic hydroxyl groups is 1. The summed E-state index contributed by atoms with van der Waals surface area (Å²) in [4.78, 5) is 39.4. The first kappa shape index (κ1) is 31.2. The molecule has 4 rings (SSSR count). The smallest absolute Gasteiger partial charge is 0.247 e. The molecular formula is C33H39N3O7. The fourth-order valence-electron chi connectivity index (χ4n) is 5.50. The summed E-state index contributed by atoms with van der Waals surface area (Å²) in [5, 5.41) is 18.9. The predicted molar refractivity (Wildman–Crippen MR) is 166 cm³/mol. The summed E-state index contributed by atoms with van der Waals surface area (Å²) < 4.78 is 17.1. The molecule has 1 aliphatic rings. The fourth-order valence-corrected chi connectivity index (χ4v) is 5.50. The monoisotopic (exact) mass is 589 g/mol. The van der Waals surface area contributed by atoms with Crippen LogP contribution in [-0.2, 0) is 16.0 Å². The van der Waals surface area contributed by atoms with Crippen LogP contribution in [0.1, 0.15) is 50.8 Å². The summed E-state index contributed by atoms with van der Waals surface area (Å²) in [5.74, 6) is 0.721. The van der Waals surface area contributed by atoms with Gasteiger partial charge in [0.25, 0.3) is 0 Å². The van der Waals surface area contributed by atoms with Crippen molar-refractivity contribution >= 4 is 23.2 Å². The molecule has 0 bridgehead atoms. The number of ether oxygens (including phenoxy) is 3. The summed E-state index contributed by atoms with van der Waals surface area (Å²) in [7, 11) is 4.63. The van der Waals surface area contributed by atoms with Crippen molar-refractivity contribution in [2.45, 2.75) is 52.1 Å². The number of fused-ring (bicyclic) bond motifs is 3. The summed E-state index contributed by atoms with van der Waals surface area (Å²) in [5.41, 5.74) is 3.31. The van der Waals surface area contributed by atoms with Crippen molar-refractivity contribution in [3.8, 4) is 34.1 Å². The molecule has 0 fully saturated rings. The van der Waals surface area contributed by atoms with Gasteiger partial charge in [-0.05, 0) is 65.8 Å². The molecule has 3 aromatic rings. The van der Waals surface area contributed by atoms with Gasteiger partial charge >= 0.3 is 0 Å². The number of rotatable bonds is 10. The number of amides is 2. The van der Waals surface area contributed by atoms with E-state index in [9.17, 15) is 19.5 Å². The number of phenols is 1. The average Bonchev–Trinajstić information content (AvgIpc) is 3.22. The molecule has 0 spiro atoms. The molecule has 3 aromatic carbocycles. The highest BCUT2D eigenvalue weighted by Gasteiger charge is 2.30. The van der Waals surface area contributed by atoms with E-state index >= 15 is 0 Å². The molecule has 43 heavy (non-hydrogen) atoms. The number of benzene rings is 2. The van der Waals surface area contributed by atoms with Crippen molar-refractivity contribution in [1.29, 1.82) is 0 Å². The zero-order valence-electron chi connectivity index (χ0n) is 25.4. The number of hydrogen-bond acceptors (Lipinski definition) is 8. The van der Waals surface area contributed by atoms with E-state index in [1.165, 1.54) is 32.2 Å². The Morgan fingerprint density at radius 3 is 2.40 bits per heavy atom. The second kappa shape index (κ2) is 13.5.